The largest absolute Gasteiger partial charge is 0.353 e. The van der Waals surface area contributed by atoms with Gasteiger partial charge in [-0.3, -0.25) is 9.78 Å². The summed E-state index contributed by atoms with van der Waals surface area (Å²) in [6.07, 6.45) is 2.77. The minimum absolute atomic E-state index is 0.233. The zero-order chi connectivity index (χ0) is 15.6. The normalized spacial score (nSPS) is 16.8. The second kappa shape index (κ2) is 6.00. The van der Waals surface area contributed by atoms with Crippen LogP contribution in [0.3, 0.4) is 0 Å². The molecule has 0 atom stereocenters. The number of carbonyl (C=O) groups excluding carboxylic acids is 1. The number of aromatic nitrogens is 2. The van der Waals surface area contributed by atoms with Gasteiger partial charge in [-0.1, -0.05) is 20.8 Å². The SMILES string of the molecule is Cc1cnc(C)c(N2CCCN(C(=O)C(C)(C)C)CC2)n1. The number of nitrogens with zero attached hydrogens (tertiary/aromatic N) is 4. The van der Waals surface area contributed by atoms with Gasteiger partial charge in [-0.25, -0.2) is 4.98 Å². The molecule has 0 aliphatic carbocycles. The molecule has 2 rings (SSSR count). The summed E-state index contributed by atoms with van der Waals surface area (Å²) in [5.41, 5.74) is 1.58. The molecule has 0 N–H and O–H groups in total. The van der Waals surface area contributed by atoms with Crippen molar-refractivity contribution in [1.29, 1.82) is 0 Å². The Labute approximate surface area is 127 Å². The molecule has 2 heterocycles. The molecule has 5 heteroatoms. The number of anilines is 1. The fraction of sp³-hybridized carbons (Fsp3) is 0.688. The molecule has 1 aromatic rings. The van der Waals surface area contributed by atoms with Gasteiger partial charge in [0.15, 0.2) is 0 Å². The van der Waals surface area contributed by atoms with E-state index in [4.69, 9.17) is 0 Å². The fourth-order valence-corrected chi connectivity index (χ4v) is 2.63. The van der Waals surface area contributed by atoms with E-state index in [9.17, 15) is 4.79 Å². The number of aryl methyl sites for hydroxylation is 2. The van der Waals surface area contributed by atoms with Gasteiger partial charge < -0.3 is 9.80 Å². The number of rotatable bonds is 1. The molecule has 0 bridgehead atoms. The van der Waals surface area contributed by atoms with Gasteiger partial charge in [-0.2, -0.15) is 0 Å². The Balaban J connectivity index is 2.11. The number of carbonyl (C=O) groups is 1. The minimum atomic E-state index is -0.311. The first-order chi connectivity index (χ1) is 9.79. The van der Waals surface area contributed by atoms with Crippen molar-refractivity contribution in [2.45, 2.75) is 41.0 Å². The van der Waals surface area contributed by atoms with Crippen LogP contribution in [0.5, 0.6) is 0 Å². The summed E-state index contributed by atoms with van der Waals surface area (Å²) >= 11 is 0. The molecular weight excluding hydrogens is 264 g/mol. The average Bonchev–Trinajstić information content (AvgIpc) is 2.65. The molecule has 21 heavy (non-hydrogen) atoms. The Hall–Kier alpha value is -1.65. The Morgan fingerprint density at radius 1 is 1.14 bits per heavy atom. The first-order valence-electron chi connectivity index (χ1n) is 7.63. The van der Waals surface area contributed by atoms with E-state index in [0.717, 1.165) is 49.8 Å². The highest BCUT2D eigenvalue weighted by Crippen LogP contribution is 2.21. The Kier molecular flexibility index (Phi) is 4.49. The van der Waals surface area contributed by atoms with Gasteiger partial charge in [0.1, 0.15) is 5.82 Å². The smallest absolute Gasteiger partial charge is 0.228 e. The molecule has 1 aliphatic heterocycles. The van der Waals surface area contributed by atoms with Gasteiger partial charge in [0.05, 0.1) is 11.4 Å². The van der Waals surface area contributed by atoms with Crippen LogP contribution in [0.25, 0.3) is 0 Å². The quantitative estimate of drug-likeness (QED) is 0.795. The van der Waals surface area contributed by atoms with E-state index >= 15 is 0 Å². The molecule has 1 amide bonds. The average molecular weight is 290 g/mol. The summed E-state index contributed by atoms with van der Waals surface area (Å²) in [5.74, 6) is 1.19. The molecule has 1 aromatic heterocycles. The first-order valence-corrected chi connectivity index (χ1v) is 7.63. The zero-order valence-corrected chi connectivity index (χ0v) is 13.8. The number of amides is 1. The van der Waals surface area contributed by atoms with E-state index < -0.39 is 0 Å². The van der Waals surface area contributed by atoms with E-state index in [1.54, 1.807) is 6.20 Å². The van der Waals surface area contributed by atoms with Crippen molar-refractivity contribution in [3.05, 3.63) is 17.6 Å². The molecule has 0 unspecified atom stereocenters. The second-order valence-corrected chi connectivity index (χ2v) is 6.80. The predicted octanol–water partition coefficient (Wildman–Crippen LogP) is 2.18. The highest BCUT2D eigenvalue weighted by atomic mass is 16.2. The van der Waals surface area contributed by atoms with Crippen molar-refractivity contribution in [3.8, 4) is 0 Å². The molecule has 5 nitrogen and oxygen atoms in total. The van der Waals surface area contributed by atoms with Crippen molar-refractivity contribution in [1.82, 2.24) is 14.9 Å². The summed E-state index contributed by atoms with van der Waals surface area (Å²) in [7, 11) is 0. The summed E-state index contributed by atoms with van der Waals surface area (Å²) in [6.45, 7) is 13.2. The molecule has 0 aromatic carbocycles. The standard InChI is InChI=1S/C16H26N4O/c1-12-11-17-13(2)14(18-12)19-7-6-8-20(10-9-19)15(21)16(3,4)5/h11H,6-10H2,1-5H3. The van der Waals surface area contributed by atoms with Gasteiger partial charge in [0, 0.05) is 37.8 Å². The molecule has 0 radical (unpaired) electrons. The van der Waals surface area contributed by atoms with E-state index in [-0.39, 0.29) is 11.3 Å². The summed E-state index contributed by atoms with van der Waals surface area (Å²) in [6, 6.07) is 0. The van der Waals surface area contributed by atoms with Crippen molar-refractivity contribution >= 4 is 11.7 Å². The van der Waals surface area contributed by atoms with Crippen LogP contribution in [-0.2, 0) is 4.79 Å². The van der Waals surface area contributed by atoms with Crippen LogP contribution < -0.4 is 4.90 Å². The van der Waals surface area contributed by atoms with Gasteiger partial charge in [0.25, 0.3) is 0 Å². The maximum Gasteiger partial charge on any atom is 0.228 e. The van der Waals surface area contributed by atoms with Crippen molar-refractivity contribution < 1.29 is 4.79 Å². The highest BCUT2D eigenvalue weighted by molar-refractivity contribution is 5.81. The number of hydrogen-bond donors (Lipinski definition) is 0. The Morgan fingerprint density at radius 3 is 2.52 bits per heavy atom. The van der Waals surface area contributed by atoms with Crippen LogP contribution in [0.2, 0.25) is 0 Å². The van der Waals surface area contributed by atoms with Crippen molar-refractivity contribution in [3.63, 3.8) is 0 Å². The first kappa shape index (κ1) is 15.7. The summed E-state index contributed by atoms with van der Waals surface area (Å²) in [4.78, 5) is 25.7. The maximum absolute atomic E-state index is 12.4. The van der Waals surface area contributed by atoms with Gasteiger partial charge in [-0.15, -0.1) is 0 Å². The Bertz CT molecular complexity index is 521. The molecule has 0 saturated carbocycles. The lowest BCUT2D eigenvalue weighted by molar-refractivity contribution is -0.139. The third-order valence-corrected chi connectivity index (χ3v) is 3.78. The van der Waals surface area contributed by atoms with E-state index in [0.29, 0.717) is 0 Å². The van der Waals surface area contributed by atoms with Crippen LogP contribution in [0, 0.1) is 19.3 Å². The molecule has 116 valence electrons. The van der Waals surface area contributed by atoms with Crippen molar-refractivity contribution in [2.24, 2.45) is 5.41 Å². The minimum Gasteiger partial charge on any atom is -0.353 e. The van der Waals surface area contributed by atoms with E-state index in [1.807, 2.05) is 39.5 Å². The lowest BCUT2D eigenvalue weighted by Gasteiger charge is -2.28. The van der Waals surface area contributed by atoms with Crippen LogP contribution >= 0.6 is 0 Å². The van der Waals surface area contributed by atoms with Gasteiger partial charge >= 0.3 is 0 Å². The Morgan fingerprint density at radius 2 is 1.86 bits per heavy atom. The molecule has 1 aliphatic rings. The summed E-state index contributed by atoms with van der Waals surface area (Å²) in [5, 5.41) is 0. The van der Waals surface area contributed by atoms with E-state index in [1.165, 1.54) is 0 Å². The number of hydrogen-bond acceptors (Lipinski definition) is 4. The molecular formula is C16H26N4O. The zero-order valence-electron chi connectivity index (χ0n) is 13.8. The van der Waals surface area contributed by atoms with Crippen molar-refractivity contribution in [2.75, 3.05) is 31.1 Å². The van der Waals surface area contributed by atoms with Gasteiger partial charge in [-0.05, 0) is 20.3 Å². The second-order valence-electron chi connectivity index (χ2n) is 6.80. The lowest BCUT2D eigenvalue weighted by atomic mass is 9.94. The van der Waals surface area contributed by atoms with Gasteiger partial charge in [0.2, 0.25) is 5.91 Å². The summed E-state index contributed by atoms with van der Waals surface area (Å²) < 4.78 is 0. The molecule has 1 fully saturated rings. The fourth-order valence-electron chi connectivity index (χ4n) is 2.63. The van der Waals surface area contributed by atoms with E-state index in [2.05, 4.69) is 14.9 Å². The highest BCUT2D eigenvalue weighted by Gasteiger charge is 2.29. The van der Waals surface area contributed by atoms with Crippen LogP contribution in [-0.4, -0.2) is 47.0 Å². The molecule has 0 spiro atoms. The maximum atomic E-state index is 12.4. The van der Waals surface area contributed by atoms with Crippen LogP contribution in [0.1, 0.15) is 38.6 Å². The third-order valence-electron chi connectivity index (χ3n) is 3.78. The predicted molar refractivity (Wildman–Crippen MR) is 84.4 cm³/mol. The lowest BCUT2D eigenvalue weighted by Crippen LogP contribution is -2.41. The van der Waals surface area contributed by atoms with Crippen LogP contribution in [0.15, 0.2) is 6.20 Å². The monoisotopic (exact) mass is 290 g/mol. The topological polar surface area (TPSA) is 49.3 Å². The van der Waals surface area contributed by atoms with Crippen LogP contribution in [0.4, 0.5) is 5.82 Å². The molecule has 1 saturated heterocycles. The third kappa shape index (κ3) is 3.71.